The van der Waals surface area contributed by atoms with Gasteiger partial charge in [0.2, 0.25) is 0 Å². The second-order valence-electron chi connectivity index (χ2n) is 6.59. The van der Waals surface area contributed by atoms with Crippen molar-refractivity contribution in [2.45, 2.75) is 96.6 Å². The molecule has 2 nitrogen and oxygen atoms in total. The zero-order valence-electron chi connectivity index (χ0n) is 15.0. The van der Waals surface area contributed by atoms with Crippen molar-refractivity contribution in [3.05, 3.63) is 23.5 Å². The fourth-order valence-corrected chi connectivity index (χ4v) is 2.96. The monoisotopic (exact) mass is 344 g/mol. The lowest BCUT2D eigenvalue weighted by atomic mass is 9.91. The van der Waals surface area contributed by atoms with Crippen LogP contribution < -0.4 is 0 Å². The van der Waals surface area contributed by atoms with Gasteiger partial charge in [-0.05, 0) is 25.0 Å². The molecule has 0 amide bonds. The summed E-state index contributed by atoms with van der Waals surface area (Å²) in [4.78, 5) is 0. The van der Waals surface area contributed by atoms with Crippen molar-refractivity contribution >= 4 is 0 Å². The lowest BCUT2D eigenvalue weighted by Crippen LogP contribution is -2.11. The maximum Gasteiger partial charge on any atom is 0.435 e. The van der Waals surface area contributed by atoms with Crippen LogP contribution in [0.1, 0.15) is 102 Å². The van der Waals surface area contributed by atoms with Gasteiger partial charge in [-0.25, -0.2) is 0 Å². The number of rotatable bonds is 12. The highest BCUT2D eigenvalue weighted by atomic mass is 19.4. The van der Waals surface area contributed by atoms with E-state index in [0.29, 0.717) is 0 Å². The number of aromatic nitrogens is 2. The standard InChI is InChI=1S/C19H31F3N2/c1-3-5-7-9-11-13-16(12-10-8-6-4-2)17-14-15-18(24-23-17)19(20,21)22/h14-16H,3-13H2,1-2H3. The van der Waals surface area contributed by atoms with Crippen molar-refractivity contribution < 1.29 is 13.2 Å². The van der Waals surface area contributed by atoms with E-state index in [1.165, 1.54) is 51.0 Å². The molecule has 5 heteroatoms. The first-order valence-corrected chi connectivity index (χ1v) is 9.39. The first kappa shape index (κ1) is 20.9. The molecule has 0 bridgehead atoms. The average molecular weight is 344 g/mol. The molecule has 1 rings (SSSR count). The predicted molar refractivity (Wildman–Crippen MR) is 91.9 cm³/mol. The van der Waals surface area contributed by atoms with Crippen LogP contribution in [0.15, 0.2) is 12.1 Å². The third-order valence-corrected chi connectivity index (χ3v) is 4.46. The number of nitrogens with zero attached hydrogens (tertiary/aromatic N) is 2. The number of hydrogen-bond donors (Lipinski definition) is 0. The minimum Gasteiger partial charge on any atom is -0.164 e. The van der Waals surface area contributed by atoms with Crippen LogP contribution in [0.25, 0.3) is 0 Å². The van der Waals surface area contributed by atoms with Gasteiger partial charge in [0.25, 0.3) is 0 Å². The van der Waals surface area contributed by atoms with Crippen molar-refractivity contribution in [3.63, 3.8) is 0 Å². The van der Waals surface area contributed by atoms with E-state index >= 15 is 0 Å². The Bertz CT molecular complexity index is 429. The van der Waals surface area contributed by atoms with Crippen molar-refractivity contribution in [1.29, 1.82) is 0 Å². The number of alkyl halides is 3. The molecular formula is C19H31F3N2. The van der Waals surface area contributed by atoms with E-state index in [-0.39, 0.29) is 5.92 Å². The third-order valence-electron chi connectivity index (χ3n) is 4.46. The summed E-state index contributed by atoms with van der Waals surface area (Å²) in [5, 5.41) is 7.29. The van der Waals surface area contributed by atoms with Crippen LogP contribution in [0.5, 0.6) is 0 Å². The van der Waals surface area contributed by atoms with E-state index in [1.54, 1.807) is 0 Å². The fraction of sp³-hybridized carbons (Fsp3) is 0.789. The number of halogens is 3. The Morgan fingerprint density at radius 1 is 0.792 bits per heavy atom. The second-order valence-corrected chi connectivity index (χ2v) is 6.59. The zero-order chi connectivity index (χ0) is 17.8. The summed E-state index contributed by atoms with van der Waals surface area (Å²) < 4.78 is 37.9. The molecule has 24 heavy (non-hydrogen) atoms. The van der Waals surface area contributed by atoms with Crippen LogP contribution in [0.2, 0.25) is 0 Å². The molecule has 0 radical (unpaired) electrons. The van der Waals surface area contributed by atoms with Crippen LogP contribution in [0, 0.1) is 0 Å². The van der Waals surface area contributed by atoms with Crippen LogP contribution in [0.4, 0.5) is 13.2 Å². The van der Waals surface area contributed by atoms with Gasteiger partial charge in [-0.15, -0.1) is 5.10 Å². The molecule has 1 unspecified atom stereocenters. The molecule has 1 aromatic heterocycles. The molecule has 1 atom stereocenters. The van der Waals surface area contributed by atoms with Gasteiger partial charge < -0.3 is 0 Å². The van der Waals surface area contributed by atoms with E-state index < -0.39 is 11.9 Å². The predicted octanol–water partition coefficient (Wildman–Crippen LogP) is 6.91. The summed E-state index contributed by atoms with van der Waals surface area (Å²) in [6, 6.07) is 2.59. The summed E-state index contributed by atoms with van der Waals surface area (Å²) in [7, 11) is 0. The highest BCUT2D eigenvalue weighted by Crippen LogP contribution is 2.30. The Hall–Kier alpha value is -1.13. The van der Waals surface area contributed by atoms with Crippen molar-refractivity contribution in [2.75, 3.05) is 0 Å². The molecule has 0 aliphatic rings. The second kappa shape index (κ2) is 11.4. The van der Waals surface area contributed by atoms with Crippen LogP contribution >= 0.6 is 0 Å². The topological polar surface area (TPSA) is 25.8 Å². The molecule has 0 aromatic carbocycles. The molecule has 0 fully saturated rings. The minimum atomic E-state index is -4.41. The summed E-state index contributed by atoms with van der Waals surface area (Å²) in [6.07, 6.45) is 8.25. The molecule has 0 aliphatic carbocycles. The van der Waals surface area contributed by atoms with Crippen LogP contribution in [-0.4, -0.2) is 10.2 Å². The minimum absolute atomic E-state index is 0.235. The van der Waals surface area contributed by atoms with Gasteiger partial charge in [-0.3, -0.25) is 0 Å². The molecule has 0 spiro atoms. The largest absolute Gasteiger partial charge is 0.435 e. The normalized spacial score (nSPS) is 13.2. The maximum absolute atomic E-state index is 12.6. The Balaban J connectivity index is 2.61. The summed E-state index contributed by atoms with van der Waals surface area (Å²) in [5.74, 6) is 0.235. The van der Waals surface area contributed by atoms with Gasteiger partial charge in [0.1, 0.15) is 0 Å². The fourth-order valence-electron chi connectivity index (χ4n) is 2.96. The first-order valence-electron chi connectivity index (χ1n) is 9.39. The molecular weight excluding hydrogens is 313 g/mol. The van der Waals surface area contributed by atoms with Gasteiger partial charge in [-0.2, -0.15) is 18.3 Å². The first-order chi connectivity index (χ1) is 11.5. The molecule has 1 heterocycles. The lowest BCUT2D eigenvalue weighted by Gasteiger charge is -2.16. The van der Waals surface area contributed by atoms with E-state index in [0.717, 1.165) is 37.4 Å². The summed E-state index contributed by atoms with van der Waals surface area (Å²) in [6.45, 7) is 4.36. The molecule has 1 aromatic rings. The van der Waals surface area contributed by atoms with Crippen molar-refractivity contribution in [1.82, 2.24) is 10.2 Å². The molecule has 0 N–H and O–H groups in total. The third kappa shape index (κ3) is 8.11. The van der Waals surface area contributed by atoms with Crippen molar-refractivity contribution in [3.8, 4) is 0 Å². The Labute approximate surface area is 144 Å². The average Bonchev–Trinajstić information content (AvgIpc) is 2.56. The highest BCUT2D eigenvalue weighted by molar-refractivity contribution is 5.13. The SMILES string of the molecule is CCCCCCCC(CCCCCC)c1ccc(C(F)(F)F)nn1. The smallest absolute Gasteiger partial charge is 0.164 e. The van der Waals surface area contributed by atoms with Gasteiger partial charge in [0.05, 0.1) is 5.69 Å². The molecule has 138 valence electrons. The summed E-state index contributed by atoms with van der Waals surface area (Å²) in [5.41, 5.74) is -0.186. The van der Waals surface area contributed by atoms with E-state index in [4.69, 9.17) is 0 Å². The highest BCUT2D eigenvalue weighted by Gasteiger charge is 2.33. The molecule has 0 aliphatic heterocycles. The quantitative estimate of drug-likeness (QED) is 0.385. The lowest BCUT2D eigenvalue weighted by molar-refractivity contribution is -0.141. The van der Waals surface area contributed by atoms with E-state index in [2.05, 4.69) is 24.0 Å². The Morgan fingerprint density at radius 2 is 1.33 bits per heavy atom. The number of unbranched alkanes of at least 4 members (excludes halogenated alkanes) is 7. The Kier molecular flexibility index (Phi) is 9.96. The van der Waals surface area contributed by atoms with Gasteiger partial charge in [0, 0.05) is 5.92 Å². The molecule has 0 saturated carbocycles. The van der Waals surface area contributed by atoms with Crippen molar-refractivity contribution in [2.24, 2.45) is 0 Å². The number of hydrogen-bond acceptors (Lipinski definition) is 2. The van der Waals surface area contributed by atoms with Crippen LogP contribution in [-0.2, 0) is 6.18 Å². The summed E-state index contributed by atoms with van der Waals surface area (Å²) >= 11 is 0. The van der Waals surface area contributed by atoms with Crippen LogP contribution in [0.3, 0.4) is 0 Å². The van der Waals surface area contributed by atoms with Gasteiger partial charge >= 0.3 is 6.18 Å². The van der Waals surface area contributed by atoms with E-state index in [1.807, 2.05) is 0 Å². The zero-order valence-corrected chi connectivity index (χ0v) is 15.0. The van der Waals surface area contributed by atoms with Gasteiger partial charge in [-0.1, -0.05) is 71.6 Å². The van der Waals surface area contributed by atoms with Gasteiger partial charge in [0.15, 0.2) is 5.69 Å². The maximum atomic E-state index is 12.6. The molecule has 0 saturated heterocycles. The van der Waals surface area contributed by atoms with E-state index in [9.17, 15) is 13.2 Å². The Morgan fingerprint density at radius 3 is 1.79 bits per heavy atom.